The summed E-state index contributed by atoms with van der Waals surface area (Å²) in [5.74, 6) is 3.20. The molecule has 1 saturated heterocycles. The number of hydrogen-bond donors (Lipinski definition) is 1. The quantitative estimate of drug-likeness (QED) is 0.269. The predicted octanol–water partition coefficient (Wildman–Crippen LogP) is 6.18. The summed E-state index contributed by atoms with van der Waals surface area (Å²) < 4.78 is 7.84. The number of likely N-dealkylation sites (tertiary alicyclic amines) is 1. The van der Waals surface area contributed by atoms with Gasteiger partial charge < -0.3 is 15.0 Å². The second-order valence-corrected chi connectivity index (χ2v) is 10.3. The van der Waals surface area contributed by atoms with Gasteiger partial charge in [0.25, 0.3) is 0 Å². The normalized spacial score (nSPS) is 14.8. The van der Waals surface area contributed by atoms with Crippen molar-refractivity contribution in [2.75, 3.05) is 25.5 Å². The van der Waals surface area contributed by atoms with Crippen molar-refractivity contribution in [3.05, 3.63) is 78.5 Å². The number of aromatic nitrogens is 5. The van der Waals surface area contributed by atoms with Crippen LogP contribution in [-0.2, 0) is 6.42 Å². The van der Waals surface area contributed by atoms with Crippen LogP contribution in [0.2, 0.25) is 0 Å². The van der Waals surface area contributed by atoms with Crippen molar-refractivity contribution in [1.29, 1.82) is 0 Å². The van der Waals surface area contributed by atoms with Gasteiger partial charge in [-0.1, -0.05) is 12.5 Å². The van der Waals surface area contributed by atoms with Crippen molar-refractivity contribution in [1.82, 2.24) is 29.5 Å². The molecular weight excluding hydrogens is 474 g/mol. The molecule has 6 rings (SSSR count). The third-order valence-electron chi connectivity index (χ3n) is 7.53. The minimum Gasteiger partial charge on any atom is -0.457 e. The van der Waals surface area contributed by atoms with Crippen LogP contribution < -0.4 is 10.1 Å². The van der Waals surface area contributed by atoms with Crippen molar-refractivity contribution in [2.24, 2.45) is 5.92 Å². The Morgan fingerprint density at radius 1 is 0.974 bits per heavy atom. The minimum absolute atomic E-state index is 0.722. The lowest BCUT2D eigenvalue weighted by atomic mass is 9.91. The molecule has 0 amide bonds. The summed E-state index contributed by atoms with van der Waals surface area (Å²) in [6.07, 6.45) is 11.3. The van der Waals surface area contributed by atoms with Gasteiger partial charge >= 0.3 is 0 Å². The maximum Gasteiger partial charge on any atom is 0.158 e. The molecule has 0 spiro atoms. The minimum atomic E-state index is 0.722. The maximum atomic E-state index is 6.13. The summed E-state index contributed by atoms with van der Waals surface area (Å²) in [4.78, 5) is 15.7. The van der Waals surface area contributed by atoms with Gasteiger partial charge in [-0.3, -0.25) is 0 Å². The Morgan fingerprint density at radius 3 is 2.74 bits per heavy atom. The van der Waals surface area contributed by atoms with Gasteiger partial charge in [0.15, 0.2) is 5.65 Å². The Bertz CT molecular complexity index is 1560. The average Bonchev–Trinajstić information content (AvgIpc) is 3.40. The molecule has 0 unspecified atom stereocenters. The van der Waals surface area contributed by atoms with Crippen LogP contribution in [0.1, 0.15) is 36.8 Å². The second-order valence-electron chi connectivity index (χ2n) is 10.3. The molecule has 8 nitrogen and oxygen atoms in total. The van der Waals surface area contributed by atoms with Gasteiger partial charge in [-0.05, 0) is 106 Å². The number of pyridine rings is 1. The first-order valence-corrected chi connectivity index (χ1v) is 13.4. The van der Waals surface area contributed by atoms with Crippen molar-refractivity contribution in [2.45, 2.75) is 39.0 Å². The SMILES string of the molecule is Cc1cc(Nc2ncnc3ccc(CCCC4CCN(C)CC4)cc23)ccc1Oc1ccn2ncnc2c1. The van der Waals surface area contributed by atoms with Crippen LogP contribution >= 0.6 is 0 Å². The van der Waals surface area contributed by atoms with Crippen molar-refractivity contribution in [3.63, 3.8) is 0 Å². The Hall–Kier alpha value is -4.04. The van der Waals surface area contributed by atoms with Crippen LogP contribution in [0.4, 0.5) is 11.5 Å². The number of hydrogen-bond acceptors (Lipinski definition) is 7. The van der Waals surface area contributed by atoms with E-state index in [9.17, 15) is 0 Å². The van der Waals surface area contributed by atoms with E-state index < -0.39 is 0 Å². The molecule has 1 fully saturated rings. The average molecular weight is 508 g/mol. The van der Waals surface area contributed by atoms with Gasteiger partial charge in [-0.15, -0.1) is 0 Å². The number of fused-ring (bicyclic) bond motifs is 2. The number of nitrogens with zero attached hydrogens (tertiary/aromatic N) is 6. The Balaban J connectivity index is 1.14. The molecule has 0 bridgehead atoms. The third kappa shape index (κ3) is 5.45. The molecule has 4 heterocycles. The van der Waals surface area contributed by atoms with Gasteiger partial charge in [-0.2, -0.15) is 5.10 Å². The van der Waals surface area contributed by atoms with Crippen molar-refractivity contribution < 1.29 is 4.74 Å². The lowest BCUT2D eigenvalue weighted by molar-refractivity contribution is 0.210. The lowest BCUT2D eigenvalue weighted by Crippen LogP contribution is -2.30. The molecule has 8 heteroatoms. The zero-order valence-electron chi connectivity index (χ0n) is 22.0. The largest absolute Gasteiger partial charge is 0.457 e. The van der Waals surface area contributed by atoms with Crippen LogP contribution in [-0.4, -0.2) is 49.6 Å². The smallest absolute Gasteiger partial charge is 0.158 e. The molecule has 0 saturated carbocycles. The summed E-state index contributed by atoms with van der Waals surface area (Å²) in [6.45, 7) is 4.51. The van der Waals surface area contributed by atoms with Gasteiger partial charge in [0.1, 0.15) is 30.0 Å². The van der Waals surface area contributed by atoms with E-state index in [4.69, 9.17) is 4.74 Å². The lowest BCUT2D eigenvalue weighted by Gasteiger charge is -2.28. The Morgan fingerprint density at radius 2 is 1.87 bits per heavy atom. The maximum absolute atomic E-state index is 6.13. The predicted molar refractivity (Wildman–Crippen MR) is 150 cm³/mol. The number of benzene rings is 2. The highest BCUT2D eigenvalue weighted by Crippen LogP contribution is 2.31. The number of nitrogens with one attached hydrogen (secondary N) is 1. The Kier molecular flexibility index (Phi) is 6.88. The van der Waals surface area contributed by atoms with Crippen molar-refractivity contribution >= 4 is 28.1 Å². The van der Waals surface area contributed by atoms with Crippen LogP contribution in [0.25, 0.3) is 16.6 Å². The van der Waals surface area contributed by atoms with E-state index in [2.05, 4.69) is 61.6 Å². The first-order chi connectivity index (χ1) is 18.6. The van der Waals surface area contributed by atoms with E-state index in [1.807, 2.05) is 37.4 Å². The molecule has 0 aliphatic carbocycles. The summed E-state index contributed by atoms with van der Waals surface area (Å²) in [5, 5.41) is 8.68. The van der Waals surface area contributed by atoms with Crippen LogP contribution in [0.5, 0.6) is 11.5 Å². The molecule has 38 heavy (non-hydrogen) atoms. The molecule has 1 aliphatic heterocycles. The van der Waals surface area contributed by atoms with Crippen LogP contribution in [0, 0.1) is 12.8 Å². The van der Waals surface area contributed by atoms with E-state index in [1.165, 1.54) is 50.7 Å². The number of piperidine rings is 1. The first-order valence-electron chi connectivity index (χ1n) is 13.4. The molecule has 0 atom stereocenters. The van der Waals surface area contributed by atoms with E-state index >= 15 is 0 Å². The molecular formula is C30H33N7O. The fourth-order valence-electron chi connectivity index (χ4n) is 5.27. The second kappa shape index (κ2) is 10.8. The molecule has 194 valence electrons. The number of anilines is 2. The molecule has 1 aliphatic rings. The standard InChI is InChI=1S/C30H33N7O/c1-21-16-24(7-9-28(21)38-25-12-15-37-29(18-25)32-20-34-37)35-30-26-17-23(6-8-27(26)31-19-33-30)5-3-4-22-10-13-36(2)14-11-22/h6-9,12,15-20,22H,3-5,10-11,13-14H2,1-2H3,(H,31,33,35). The fraction of sp³-hybridized carbons (Fsp3) is 0.333. The summed E-state index contributed by atoms with van der Waals surface area (Å²) in [5.41, 5.74) is 5.00. The molecule has 5 aromatic rings. The number of aryl methyl sites for hydroxylation is 2. The van der Waals surface area contributed by atoms with E-state index in [0.717, 1.165) is 57.5 Å². The van der Waals surface area contributed by atoms with E-state index in [0.29, 0.717) is 0 Å². The van der Waals surface area contributed by atoms with Crippen LogP contribution in [0.3, 0.4) is 0 Å². The monoisotopic (exact) mass is 507 g/mol. The van der Waals surface area contributed by atoms with Crippen LogP contribution in [0.15, 0.2) is 67.4 Å². The van der Waals surface area contributed by atoms with Crippen molar-refractivity contribution in [3.8, 4) is 11.5 Å². The number of ether oxygens (including phenoxy) is 1. The first kappa shape index (κ1) is 24.3. The fourth-order valence-corrected chi connectivity index (χ4v) is 5.27. The molecule has 0 radical (unpaired) electrons. The molecule has 1 N–H and O–H groups in total. The zero-order chi connectivity index (χ0) is 25.9. The van der Waals surface area contributed by atoms with E-state index in [1.54, 1.807) is 10.8 Å². The topological polar surface area (TPSA) is 80.5 Å². The zero-order valence-corrected chi connectivity index (χ0v) is 22.0. The molecule has 2 aromatic carbocycles. The summed E-state index contributed by atoms with van der Waals surface area (Å²) >= 11 is 0. The highest BCUT2D eigenvalue weighted by Gasteiger charge is 2.16. The Labute approximate surface area is 222 Å². The summed E-state index contributed by atoms with van der Waals surface area (Å²) in [6, 6.07) is 16.4. The third-order valence-corrected chi connectivity index (χ3v) is 7.53. The highest BCUT2D eigenvalue weighted by molar-refractivity contribution is 5.91. The van der Waals surface area contributed by atoms with Gasteiger partial charge in [0.2, 0.25) is 0 Å². The highest BCUT2D eigenvalue weighted by atomic mass is 16.5. The summed E-state index contributed by atoms with van der Waals surface area (Å²) in [7, 11) is 2.23. The van der Waals surface area contributed by atoms with Gasteiger partial charge in [0, 0.05) is 23.3 Å². The number of rotatable bonds is 8. The van der Waals surface area contributed by atoms with E-state index in [-0.39, 0.29) is 0 Å². The van der Waals surface area contributed by atoms with Gasteiger partial charge in [-0.25, -0.2) is 19.5 Å². The van der Waals surface area contributed by atoms with Gasteiger partial charge in [0.05, 0.1) is 5.52 Å². The molecule has 3 aromatic heterocycles.